The highest BCUT2D eigenvalue weighted by Gasteiger charge is 2.56. The smallest absolute Gasteiger partial charge is 0.252 e. The van der Waals surface area contributed by atoms with Crippen LogP contribution in [0.5, 0.6) is 0 Å². The molecular weight excluding hydrogens is 152 g/mol. The van der Waals surface area contributed by atoms with E-state index in [0.717, 1.165) is 0 Å². The van der Waals surface area contributed by atoms with Crippen LogP contribution >= 0.6 is 0 Å². The number of Topliss-reactive ketones (excluding diaryl/α,β-unsaturated/α-hetero) is 1. The zero-order valence-electron chi connectivity index (χ0n) is 6.15. The summed E-state index contributed by atoms with van der Waals surface area (Å²) in [5.74, 6) is -3.40. The van der Waals surface area contributed by atoms with Gasteiger partial charge in [0.25, 0.3) is 5.92 Å². The molecule has 4 heteroatoms. The Morgan fingerprint density at radius 3 is 2.55 bits per heavy atom. The molecule has 0 aromatic rings. The van der Waals surface area contributed by atoms with Crippen LogP contribution in [0.3, 0.4) is 0 Å². The lowest BCUT2D eigenvalue weighted by Crippen LogP contribution is -2.09. The molecule has 64 valence electrons. The van der Waals surface area contributed by atoms with E-state index in [1.54, 1.807) is 0 Å². The molecule has 1 fully saturated rings. The van der Waals surface area contributed by atoms with Gasteiger partial charge in [-0.05, 0) is 6.54 Å². The third-order valence-electron chi connectivity index (χ3n) is 1.85. The Hall–Kier alpha value is -0.510. The Morgan fingerprint density at radius 1 is 1.64 bits per heavy atom. The first-order chi connectivity index (χ1) is 5.06. The first-order valence-electron chi connectivity index (χ1n) is 3.66. The lowest BCUT2D eigenvalue weighted by molar-refractivity contribution is -0.119. The molecule has 1 atom stereocenters. The number of alkyl halides is 2. The summed E-state index contributed by atoms with van der Waals surface area (Å²) in [5.41, 5.74) is 5.08. The lowest BCUT2D eigenvalue weighted by atomic mass is 10.1. The minimum Gasteiger partial charge on any atom is -0.330 e. The van der Waals surface area contributed by atoms with Crippen LogP contribution in [0.1, 0.15) is 19.3 Å². The summed E-state index contributed by atoms with van der Waals surface area (Å²) >= 11 is 0. The molecule has 0 bridgehead atoms. The number of nitrogens with two attached hydrogens (primary N) is 1. The minimum atomic E-state index is -2.57. The van der Waals surface area contributed by atoms with Crippen molar-refractivity contribution in [1.82, 2.24) is 0 Å². The maximum Gasteiger partial charge on any atom is 0.252 e. The molecular formula is C7H11F2NO. The summed E-state index contributed by atoms with van der Waals surface area (Å²) in [6, 6.07) is 0. The summed E-state index contributed by atoms with van der Waals surface area (Å²) in [5, 5.41) is 0. The third-order valence-corrected chi connectivity index (χ3v) is 1.85. The zero-order chi connectivity index (χ0) is 8.48. The predicted octanol–water partition coefficient (Wildman–Crippen LogP) is 0.950. The van der Waals surface area contributed by atoms with Crippen molar-refractivity contribution in [3.05, 3.63) is 0 Å². The molecule has 11 heavy (non-hydrogen) atoms. The summed E-state index contributed by atoms with van der Waals surface area (Å²) < 4.78 is 24.4. The molecule has 0 radical (unpaired) electrons. The summed E-state index contributed by atoms with van der Waals surface area (Å²) in [7, 11) is 0. The van der Waals surface area contributed by atoms with Gasteiger partial charge in [0.1, 0.15) is 5.78 Å². The molecule has 0 amide bonds. The van der Waals surface area contributed by atoms with Crippen LogP contribution in [0.4, 0.5) is 8.78 Å². The van der Waals surface area contributed by atoms with Crippen LogP contribution in [0, 0.1) is 5.92 Å². The van der Waals surface area contributed by atoms with Crippen molar-refractivity contribution in [3.63, 3.8) is 0 Å². The second-order valence-electron chi connectivity index (χ2n) is 2.94. The van der Waals surface area contributed by atoms with Crippen molar-refractivity contribution in [1.29, 1.82) is 0 Å². The van der Waals surface area contributed by atoms with E-state index < -0.39 is 11.8 Å². The third kappa shape index (κ3) is 2.22. The minimum absolute atomic E-state index is 0.00417. The molecule has 1 unspecified atom stereocenters. The molecule has 0 heterocycles. The van der Waals surface area contributed by atoms with Crippen molar-refractivity contribution in [2.75, 3.05) is 6.54 Å². The fraction of sp³-hybridized carbons (Fsp3) is 0.857. The van der Waals surface area contributed by atoms with Gasteiger partial charge in [-0.3, -0.25) is 4.79 Å². The Balaban J connectivity index is 2.18. The van der Waals surface area contributed by atoms with E-state index >= 15 is 0 Å². The normalized spacial score (nSPS) is 26.6. The van der Waals surface area contributed by atoms with Gasteiger partial charge in [-0.1, -0.05) is 0 Å². The second kappa shape index (κ2) is 2.85. The van der Waals surface area contributed by atoms with E-state index in [0.29, 0.717) is 0 Å². The average Bonchev–Trinajstić information content (AvgIpc) is 2.39. The molecule has 1 saturated carbocycles. The van der Waals surface area contributed by atoms with Gasteiger partial charge in [0.05, 0.1) is 0 Å². The number of carbonyl (C=O) groups is 1. The highest BCUT2D eigenvalue weighted by molar-refractivity contribution is 5.79. The van der Waals surface area contributed by atoms with Crippen LogP contribution in [-0.4, -0.2) is 18.3 Å². The van der Waals surface area contributed by atoms with E-state index in [1.807, 2.05) is 0 Å². The van der Waals surface area contributed by atoms with Crippen molar-refractivity contribution in [2.45, 2.75) is 25.2 Å². The van der Waals surface area contributed by atoms with Gasteiger partial charge >= 0.3 is 0 Å². The zero-order valence-corrected chi connectivity index (χ0v) is 6.15. The molecule has 0 aromatic carbocycles. The fourth-order valence-electron chi connectivity index (χ4n) is 1.03. The van der Waals surface area contributed by atoms with E-state index in [9.17, 15) is 13.6 Å². The van der Waals surface area contributed by atoms with E-state index in [4.69, 9.17) is 5.73 Å². The predicted molar refractivity (Wildman–Crippen MR) is 36.3 cm³/mol. The molecule has 1 rings (SSSR count). The fourth-order valence-corrected chi connectivity index (χ4v) is 1.03. The van der Waals surface area contributed by atoms with E-state index in [1.165, 1.54) is 0 Å². The highest BCUT2D eigenvalue weighted by Crippen LogP contribution is 2.50. The van der Waals surface area contributed by atoms with Gasteiger partial charge in [0.2, 0.25) is 0 Å². The maximum absolute atomic E-state index is 12.2. The number of rotatable bonds is 4. The monoisotopic (exact) mass is 163 g/mol. The van der Waals surface area contributed by atoms with Gasteiger partial charge in [0, 0.05) is 25.2 Å². The topological polar surface area (TPSA) is 43.1 Å². The van der Waals surface area contributed by atoms with Crippen molar-refractivity contribution >= 4 is 5.78 Å². The summed E-state index contributed by atoms with van der Waals surface area (Å²) in [4.78, 5) is 10.8. The summed E-state index contributed by atoms with van der Waals surface area (Å²) in [6.07, 6.45) is 0.111. The number of carbonyl (C=O) groups excluding carboxylic acids is 1. The summed E-state index contributed by atoms with van der Waals surface area (Å²) in [6.45, 7) is 0.261. The number of ketones is 1. The Kier molecular flexibility index (Phi) is 2.23. The molecule has 0 aliphatic heterocycles. The van der Waals surface area contributed by atoms with Crippen molar-refractivity contribution in [2.24, 2.45) is 11.7 Å². The highest BCUT2D eigenvalue weighted by atomic mass is 19.3. The van der Waals surface area contributed by atoms with Gasteiger partial charge in [-0.2, -0.15) is 0 Å². The molecule has 1 aliphatic carbocycles. The number of hydrogen-bond acceptors (Lipinski definition) is 2. The second-order valence-corrected chi connectivity index (χ2v) is 2.94. The average molecular weight is 163 g/mol. The van der Waals surface area contributed by atoms with Crippen LogP contribution < -0.4 is 5.73 Å². The molecule has 0 saturated heterocycles. The van der Waals surface area contributed by atoms with Gasteiger partial charge in [-0.25, -0.2) is 8.78 Å². The van der Waals surface area contributed by atoms with E-state index in [-0.39, 0.29) is 31.6 Å². The SMILES string of the molecule is NCCC(=O)CC1CC1(F)F. The van der Waals surface area contributed by atoms with Gasteiger partial charge in [0.15, 0.2) is 0 Å². The molecule has 2 N–H and O–H groups in total. The Morgan fingerprint density at radius 2 is 2.18 bits per heavy atom. The van der Waals surface area contributed by atoms with Crippen LogP contribution in [-0.2, 0) is 4.79 Å². The number of halogens is 2. The first-order valence-corrected chi connectivity index (χ1v) is 3.66. The van der Waals surface area contributed by atoms with Crippen molar-refractivity contribution < 1.29 is 13.6 Å². The molecule has 2 nitrogen and oxygen atoms in total. The lowest BCUT2D eigenvalue weighted by Gasteiger charge is -1.96. The Bertz CT molecular complexity index is 170. The molecule has 0 aromatic heterocycles. The standard InChI is InChI=1S/C7H11F2NO/c8-7(9)4-5(7)3-6(11)1-2-10/h5H,1-4,10H2. The van der Waals surface area contributed by atoms with Crippen LogP contribution in [0.2, 0.25) is 0 Å². The molecule has 0 spiro atoms. The maximum atomic E-state index is 12.2. The quantitative estimate of drug-likeness (QED) is 0.670. The van der Waals surface area contributed by atoms with Crippen LogP contribution in [0.25, 0.3) is 0 Å². The van der Waals surface area contributed by atoms with Gasteiger partial charge in [-0.15, -0.1) is 0 Å². The van der Waals surface area contributed by atoms with Gasteiger partial charge < -0.3 is 5.73 Å². The Labute approximate surface area is 63.8 Å². The van der Waals surface area contributed by atoms with Crippen molar-refractivity contribution in [3.8, 4) is 0 Å². The number of hydrogen-bond donors (Lipinski definition) is 1. The largest absolute Gasteiger partial charge is 0.330 e. The van der Waals surface area contributed by atoms with E-state index in [2.05, 4.69) is 0 Å². The molecule has 1 aliphatic rings. The first kappa shape index (κ1) is 8.59. The van der Waals surface area contributed by atoms with Crippen LogP contribution in [0.15, 0.2) is 0 Å².